The van der Waals surface area contributed by atoms with Crippen LogP contribution in [0.15, 0.2) is 47.4 Å². The first kappa shape index (κ1) is 20.4. The Balaban J connectivity index is 1.69. The monoisotopic (exact) mass is 445 g/mol. The fraction of sp³-hybridized carbons (Fsp3) is 0.208. The highest BCUT2D eigenvalue weighted by atomic mass is 32.2. The maximum Gasteiger partial charge on any atom is 0.268 e. The summed E-state index contributed by atoms with van der Waals surface area (Å²) >= 11 is 0. The molecule has 1 aromatic heterocycles. The van der Waals surface area contributed by atoms with Crippen molar-refractivity contribution in [2.45, 2.75) is 24.7 Å². The highest BCUT2D eigenvalue weighted by Crippen LogP contribution is 2.36. The number of terminal acetylenes is 1. The Bertz CT molecular complexity index is 1460. The van der Waals surface area contributed by atoms with Crippen LogP contribution in [0.1, 0.15) is 44.8 Å². The van der Waals surface area contributed by atoms with Crippen LogP contribution in [-0.2, 0) is 10.0 Å². The maximum atomic E-state index is 13.5. The topological polar surface area (TPSA) is 87.7 Å². The average molecular weight is 446 g/mol. The van der Waals surface area contributed by atoms with Crippen molar-refractivity contribution in [2.24, 2.45) is 0 Å². The van der Waals surface area contributed by atoms with Crippen LogP contribution >= 0.6 is 0 Å². The Hall–Kier alpha value is -3.54. The second-order valence-electron chi connectivity index (χ2n) is 7.88. The minimum Gasteiger partial charge on any atom is -0.268 e. The third kappa shape index (κ3) is 2.93. The maximum absolute atomic E-state index is 13.5. The lowest BCUT2D eigenvalue weighted by atomic mass is 10.0. The molecule has 0 spiro atoms. The van der Waals surface area contributed by atoms with Gasteiger partial charge in [-0.25, -0.2) is 13.3 Å². The first-order valence-corrected chi connectivity index (χ1v) is 11.7. The first-order chi connectivity index (χ1) is 15.3. The third-order valence-electron chi connectivity index (χ3n) is 5.95. The van der Waals surface area contributed by atoms with Gasteiger partial charge in [0.25, 0.3) is 11.8 Å². The van der Waals surface area contributed by atoms with E-state index in [9.17, 15) is 18.0 Å². The van der Waals surface area contributed by atoms with Crippen LogP contribution in [0, 0.1) is 19.3 Å². The molecule has 2 amide bonds. The molecule has 8 heteroatoms. The quantitative estimate of drug-likeness (QED) is 0.457. The second-order valence-corrected chi connectivity index (χ2v) is 9.82. The number of carbonyl (C=O) groups is 2. The fourth-order valence-corrected chi connectivity index (χ4v) is 5.92. The van der Waals surface area contributed by atoms with Gasteiger partial charge in [0.2, 0.25) is 10.0 Å². The standard InChI is InChI=1S/C24H19N3O4S/c1-3-16-7-6-8-17(13-16)27-23(28)21-15(2)25-20-10-9-18(14-19(20)22(21)24(27)29)32(30,31)26-11-4-5-12-26/h1,6-10,13-14H,4-5,11-12H2,2H3. The molecule has 1 fully saturated rings. The van der Waals surface area contributed by atoms with E-state index in [1.165, 1.54) is 16.4 Å². The van der Waals surface area contributed by atoms with Crippen LogP contribution in [0.5, 0.6) is 0 Å². The summed E-state index contributed by atoms with van der Waals surface area (Å²) in [6.45, 7) is 2.61. The van der Waals surface area contributed by atoms with E-state index < -0.39 is 21.8 Å². The molecule has 2 aliphatic rings. The molecule has 1 saturated heterocycles. The molecule has 0 bridgehead atoms. The van der Waals surface area contributed by atoms with Crippen molar-refractivity contribution in [1.82, 2.24) is 9.29 Å². The number of pyridine rings is 1. The lowest BCUT2D eigenvalue weighted by molar-refractivity contribution is 0.0926. The summed E-state index contributed by atoms with van der Waals surface area (Å²) in [6.07, 6.45) is 7.11. The molecule has 160 valence electrons. The van der Waals surface area contributed by atoms with Gasteiger partial charge in [0.05, 0.1) is 32.9 Å². The molecule has 0 atom stereocenters. The number of carbonyl (C=O) groups excluding carboxylic acids is 2. The van der Waals surface area contributed by atoms with Gasteiger partial charge in [-0.05, 0) is 56.2 Å². The van der Waals surface area contributed by atoms with Crippen molar-refractivity contribution in [2.75, 3.05) is 18.0 Å². The Morgan fingerprint density at radius 2 is 1.72 bits per heavy atom. The lowest BCUT2D eigenvalue weighted by Crippen LogP contribution is -2.29. The summed E-state index contributed by atoms with van der Waals surface area (Å²) in [6, 6.07) is 11.2. The number of amides is 2. The summed E-state index contributed by atoms with van der Waals surface area (Å²) < 4.78 is 27.6. The zero-order valence-electron chi connectivity index (χ0n) is 17.3. The zero-order chi connectivity index (χ0) is 22.6. The van der Waals surface area contributed by atoms with E-state index in [1.807, 2.05) is 0 Å². The number of rotatable bonds is 3. The zero-order valence-corrected chi connectivity index (χ0v) is 18.1. The summed E-state index contributed by atoms with van der Waals surface area (Å²) in [4.78, 5) is 32.3. The van der Waals surface area contributed by atoms with Gasteiger partial charge in [-0.3, -0.25) is 14.6 Å². The van der Waals surface area contributed by atoms with Gasteiger partial charge in [-0.1, -0.05) is 12.0 Å². The molecule has 2 aromatic carbocycles. The van der Waals surface area contributed by atoms with Gasteiger partial charge in [0.1, 0.15) is 0 Å². The number of hydrogen-bond donors (Lipinski definition) is 0. The van der Waals surface area contributed by atoms with Crippen LogP contribution in [-0.4, -0.2) is 42.6 Å². The largest absolute Gasteiger partial charge is 0.268 e. The smallest absolute Gasteiger partial charge is 0.268 e. The number of sulfonamides is 1. The Morgan fingerprint density at radius 1 is 1.00 bits per heavy atom. The van der Waals surface area contributed by atoms with Crippen LogP contribution in [0.3, 0.4) is 0 Å². The lowest BCUT2D eigenvalue weighted by Gasteiger charge is -2.16. The molecule has 0 saturated carbocycles. The molecular formula is C24H19N3O4S. The molecule has 2 aliphatic heterocycles. The van der Waals surface area contributed by atoms with Crippen molar-refractivity contribution in [3.8, 4) is 12.3 Å². The fourth-order valence-electron chi connectivity index (χ4n) is 4.37. The Labute approximate surface area is 185 Å². The molecule has 5 rings (SSSR count). The van der Waals surface area contributed by atoms with E-state index in [1.54, 1.807) is 37.3 Å². The van der Waals surface area contributed by atoms with Crippen LogP contribution in [0.4, 0.5) is 5.69 Å². The predicted octanol–water partition coefficient (Wildman–Crippen LogP) is 3.11. The van der Waals surface area contributed by atoms with Crippen molar-refractivity contribution in [1.29, 1.82) is 0 Å². The molecule has 3 aromatic rings. The van der Waals surface area contributed by atoms with Crippen LogP contribution in [0.2, 0.25) is 0 Å². The van der Waals surface area contributed by atoms with Gasteiger partial charge in [-0.2, -0.15) is 4.31 Å². The molecule has 7 nitrogen and oxygen atoms in total. The van der Waals surface area contributed by atoms with Gasteiger partial charge in [-0.15, -0.1) is 6.42 Å². The van der Waals surface area contributed by atoms with Gasteiger partial charge < -0.3 is 0 Å². The Kier molecular flexibility index (Phi) is 4.62. The second kappa shape index (κ2) is 7.26. The molecule has 0 unspecified atom stereocenters. The molecule has 3 heterocycles. The molecular weight excluding hydrogens is 426 g/mol. The summed E-state index contributed by atoms with van der Waals surface area (Å²) in [5.74, 6) is 1.48. The predicted molar refractivity (Wildman–Crippen MR) is 120 cm³/mol. The number of anilines is 1. The van der Waals surface area contributed by atoms with E-state index in [0.29, 0.717) is 40.9 Å². The van der Waals surface area contributed by atoms with Gasteiger partial charge in [0.15, 0.2) is 0 Å². The van der Waals surface area contributed by atoms with Crippen molar-refractivity contribution >= 4 is 38.4 Å². The molecule has 0 aliphatic carbocycles. The third-order valence-corrected chi connectivity index (χ3v) is 7.84. The highest BCUT2D eigenvalue weighted by molar-refractivity contribution is 7.89. The number of fused-ring (bicyclic) bond motifs is 3. The van der Waals surface area contributed by atoms with Crippen molar-refractivity contribution in [3.05, 3.63) is 64.8 Å². The molecule has 0 N–H and O–H groups in total. The molecule has 32 heavy (non-hydrogen) atoms. The highest BCUT2D eigenvalue weighted by Gasteiger charge is 2.40. The van der Waals surface area contributed by atoms with Gasteiger partial charge >= 0.3 is 0 Å². The number of nitrogens with zero attached hydrogens (tertiary/aromatic N) is 3. The Morgan fingerprint density at radius 3 is 2.44 bits per heavy atom. The molecule has 0 radical (unpaired) electrons. The van der Waals surface area contributed by atoms with Crippen LogP contribution in [0.25, 0.3) is 10.9 Å². The first-order valence-electron chi connectivity index (χ1n) is 10.2. The SMILES string of the molecule is C#Cc1cccc(N2C(=O)c3c(C)nc4ccc(S(=O)(=O)N5CCCC5)cc4c3C2=O)c1. The number of hydrogen-bond acceptors (Lipinski definition) is 5. The normalized spacial score (nSPS) is 16.6. The number of benzene rings is 2. The summed E-state index contributed by atoms with van der Waals surface area (Å²) in [5.41, 5.74) is 2.13. The van der Waals surface area contributed by atoms with Gasteiger partial charge in [0, 0.05) is 24.0 Å². The van der Waals surface area contributed by atoms with E-state index >= 15 is 0 Å². The number of aromatic nitrogens is 1. The van der Waals surface area contributed by atoms with E-state index in [0.717, 1.165) is 17.7 Å². The summed E-state index contributed by atoms with van der Waals surface area (Å²) in [5, 5.41) is 0.347. The van der Waals surface area contributed by atoms with E-state index in [2.05, 4.69) is 10.9 Å². The van der Waals surface area contributed by atoms with Crippen molar-refractivity contribution < 1.29 is 18.0 Å². The summed E-state index contributed by atoms with van der Waals surface area (Å²) in [7, 11) is -3.69. The minimum absolute atomic E-state index is 0.0905. The van der Waals surface area contributed by atoms with E-state index in [-0.39, 0.29) is 16.0 Å². The number of aryl methyl sites for hydroxylation is 1. The van der Waals surface area contributed by atoms with E-state index in [4.69, 9.17) is 6.42 Å². The average Bonchev–Trinajstić information content (AvgIpc) is 3.41. The minimum atomic E-state index is -3.69. The number of imide groups is 1. The van der Waals surface area contributed by atoms with Crippen LogP contribution < -0.4 is 4.90 Å². The van der Waals surface area contributed by atoms with Crippen molar-refractivity contribution in [3.63, 3.8) is 0 Å².